The smallest absolute Gasteiger partial charge is 0.248 e. The Hall–Kier alpha value is -1.39. The van der Waals surface area contributed by atoms with Crippen molar-refractivity contribution in [3.63, 3.8) is 0 Å². The van der Waals surface area contributed by atoms with Crippen molar-refractivity contribution in [3.05, 3.63) is 35.4 Å². The Morgan fingerprint density at radius 3 is 2.55 bits per heavy atom. The molecule has 0 spiro atoms. The minimum atomic E-state index is -0.365. The second-order valence-electron chi connectivity index (χ2n) is 5.57. The summed E-state index contributed by atoms with van der Waals surface area (Å²) in [6.07, 6.45) is 2.32. The first-order valence-electron chi connectivity index (χ1n) is 7.50. The number of piperazine rings is 1. The Balaban J connectivity index is 2.03. The molecule has 0 saturated carbocycles. The first-order valence-corrected chi connectivity index (χ1v) is 7.50. The van der Waals surface area contributed by atoms with Gasteiger partial charge in [-0.15, -0.1) is 0 Å². The van der Waals surface area contributed by atoms with E-state index in [1.54, 1.807) is 0 Å². The highest BCUT2D eigenvalue weighted by molar-refractivity contribution is 5.92. The summed E-state index contributed by atoms with van der Waals surface area (Å²) in [5.74, 6) is -0.365. The Bertz CT molecular complexity index is 444. The van der Waals surface area contributed by atoms with Crippen molar-refractivity contribution in [2.75, 3.05) is 13.1 Å². The summed E-state index contributed by atoms with van der Waals surface area (Å²) in [5.41, 5.74) is 7.09. The minimum absolute atomic E-state index is 0.365. The summed E-state index contributed by atoms with van der Waals surface area (Å²) in [4.78, 5) is 13.6. The van der Waals surface area contributed by atoms with Gasteiger partial charge < -0.3 is 11.1 Å². The Morgan fingerprint density at radius 2 is 2.00 bits per heavy atom. The molecule has 0 radical (unpaired) electrons. The predicted molar refractivity (Wildman–Crippen MR) is 81.5 cm³/mol. The van der Waals surface area contributed by atoms with Crippen LogP contribution in [0.5, 0.6) is 0 Å². The minimum Gasteiger partial charge on any atom is -0.366 e. The number of hydrogen-bond acceptors (Lipinski definition) is 3. The van der Waals surface area contributed by atoms with Crippen LogP contribution < -0.4 is 11.1 Å². The third-order valence-electron chi connectivity index (χ3n) is 4.20. The second-order valence-corrected chi connectivity index (χ2v) is 5.57. The highest BCUT2D eigenvalue weighted by Gasteiger charge is 2.25. The molecule has 1 saturated heterocycles. The fourth-order valence-corrected chi connectivity index (χ4v) is 2.81. The second kappa shape index (κ2) is 6.86. The number of primary amides is 1. The van der Waals surface area contributed by atoms with E-state index in [1.165, 1.54) is 5.56 Å². The number of carbonyl (C=O) groups excluding carboxylic acids is 1. The largest absolute Gasteiger partial charge is 0.366 e. The maximum atomic E-state index is 11.1. The first kappa shape index (κ1) is 15.0. The number of hydrogen-bond donors (Lipinski definition) is 2. The van der Waals surface area contributed by atoms with Gasteiger partial charge in [0.2, 0.25) is 5.91 Å². The van der Waals surface area contributed by atoms with Gasteiger partial charge in [0.15, 0.2) is 0 Å². The molecule has 2 unspecified atom stereocenters. The monoisotopic (exact) mass is 275 g/mol. The fourth-order valence-electron chi connectivity index (χ4n) is 2.81. The molecule has 1 aromatic carbocycles. The van der Waals surface area contributed by atoms with Gasteiger partial charge in [-0.1, -0.05) is 26.0 Å². The molecule has 4 heteroatoms. The summed E-state index contributed by atoms with van der Waals surface area (Å²) in [6, 6.07) is 8.83. The van der Waals surface area contributed by atoms with Crippen LogP contribution in [0.2, 0.25) is 0 Å². The molecule has 1 fully saturated rings. The van der Waals surface area contributed by atoms with Crippen LogP contribution in [-0.2, 0) is 6.54 Å². The lowest BCUT2D eigenvalue weighted by Crippen LogP contribution is -2.55. The number of carbonyl (C=O) groups is 1. The number of nitrogens with two attached hydrogens (primary N) is 1. The van der Waals surface area contributed by atoms with Gasteiger partial charge in [-0.25, -0.2) is 0 Å². The molecule has 3 N–H and O–H groups in total. The quantitative estimate of drug-likeness (QED) is 0.860. The average Bonchev–Trinajstić information content (AvgIpc) is 2.47. The fraction of sp³-hybridized carbons (Fsp3) is 0.562. The van der Waals surface area contributed by atoms with Crippen molar-refractivity contribution in [3.8, 4) is 0 Å². The van der Waals surface area contributed by atoms with Crippen LogP contribution >= 0.6 is 0 Å². The Morgan fingerprint density at radius 1 is 1.30 bits per heavy atom. The zero-order valence-electron chi connectivity index (χ0n) is 12.4. The van der Waals surface area contributed by atoms with E-state index in [0.29, 0.717) is 17.6 Å². The molecule has 110 valence electrons. The van der Waals surface area contributed by atoms with E-state index < -0.39 is 0 Å². The van der Waals surface area contributed by atoms with Crippen molar-refractivity contribution < 1.29 is 4.79 Å². The number of nitrogens with zero attached hydrogens (tertiary/aromatic N) is 1. The van der Waals surface area contributed by atoms with Crippen molar-refractivity contribution >= 4 is 5.91 Å². The van der Waals surface area contributed by atoms with E-state index in [2.05, 4.69) is 24.1 Å². The molecule has 1 aliphatic heterocycles. The summed E-state index contributed by atoms with van der Waals surface area (Å²) in [6.45, 7) is 7.56. The SMILES string of the molecule is CCC1CN(Cc2ccc(C(N)=O)cc2)C(CC)CN1. The van der Waals surface area contributed by atoms with Crippen molar-refractivity contribution in [2.24, 2.45) is 5.73 Å². The molecule has 1 aliphatic rings. The molecule has 4 nitrogen and oxygen atoms in total. The normalized spacial score (nSPS) is 23.7. The van der Waals surface area contributed by atoms with Gasteiger partial charge in [0.05, 0.1) is 0 Å². The molecule has 1 heterocycles. The molecule has 0 bridgehead atoms. The number of amides is 1. The topological polar surface area (TPSA) is 58.4 Å². The predicted octanol–water partition coefficient (Wildman–Crippen LogP) is 1.75. The van der Waals surface area contributed by atoms with Crippen LogP contribution in [-0.4, -0.2) is 36.0 Å². The van der Waals surface area contributed by atoms with Crippen LogP contribution in [0.25, 0.3) is 0 Å². The zero-order chi connectivity index (χ0) is 14.5. The molecule has 1 aromatic rings. The summed E-state index contributed by atoms with van der Waals surface area (Å²) >= 11 is 0. The summed E-state index contributed by atoms with van der Waals surface area (Å²) in [7, 11) is 0. The molecular weight excluding hydrogens is 250 g/mol. The summed E-state index contributed by atoms with van der Waals surface area (Å²) < 4.78 is 0. The Kier molecular flexibility index (Phi) is 5.15. The molecule has 2 atom stereocenters. The molecule has 2 rings (SSSR count). The summed E-state index contributed by atoms with van der Waals surface area (Å²) in [5, 5.41) is 3.61. The van der Waals surface area contributed by atoms with Crippen molar-refractivity contribution in [1.29, 1.82) is 0 Å². The van der Waals surface area contributed by atoms with Crippen molar-refractivity contribution in [1.82, 2.24) is 10.2 Å². The van der Waals surface area contributed by atoms with Gasteiger partial charge in [-0.2, -0.15) is 0 Å². The van der Waals surface area contributed by atoms with Gasteiger partial charge in [0, 0.05) is 37.3 Å². The van der Waals surface area contributed by atoms with Crippen LogP contribution in [0.1, 0.15) is 42.6 Å². The zero-order valence-corrected chi connectivity index (χ0v) is 12.4. The molecule has 0 aliphatic carbocycles. The van der Waals surface area contributed by atoms with E-state index in [0.717, 1.165) is 32.5 Å². The first-order chi connectivity index (χ1) is 9.63. The van der Waals surface area contributed by atoms with E-state index in [4.69, 9.17) is 5.73 Å². The van der Waals surface area contributed by atoms with E-state index in [9.17, 15) is 4.79 Å². The third-order valence-corrected chi connectivity index (χ3v) is 4.20. The van der Waals surface area contributed by atoms with E-state index in [1.807, 2.05) is 24.3 Å². The van der Waals surface area contributed by atoms with Crippen molar-refractivity contribution in [2.45, 2.75) is 45.3 Å². The highest BCUT2D eigenvalue weighted by Crippen LogP contribution is 2.16. The van der Waals surface area contributed by atoms with Gasteiger partial charge in [0.25, 0.3) is 0 Å². The van der Waals surface area contributed by atoms with Crippen LogP contribution in [0, 0.1) is 0 Å². The van der Waals surface area contributed by atoms with Gasteiger partial charge in [-0.3, -0.25) is 9.69 Å². The van der Waals surface area contributed by atoms with Crippen LogP contribution in [0.3, 0.4) is 0 Å². The lowest BCUT2D eigenvalue weighted by molar-refractivity contribution is 0.1000. The van der Waals surface area contributed by atoms with Gasteiger partial charge >= 0.3 is 0 Å². The molecule has 1 amide bonds. The van der Waals surface area contributed by atoms with Gasteiger partial charge in [-0.05, 0) is 30.5 Å². The highest BCUT2D eigenvalue weighted by atomic mass is 16.1. The molecule has 0 aromatic heterocycles. The number of nitrogens with one attached hydrogen (secondary N) is 1. The average molecular weight is 275 g/mol. The number of benzene rings is 1. The van der Waals surface area contributed by atoms with Crippen LogP contribution in [0.4, 0.5) is 0 Å². The lowest BCUT2D eigenvalue weighted by Gasteiger charge is -2.40. The van der Waals surface area contributed by atoms with Crippen LogP contribution in [0.15, 0.2) is 24.3 Å². The molecule has 20 heavy (non-hydrogen) atoms. The lowest BCUT2D eigenvalue weighted by atomic mass is 10.0. The molecular formula is C16H25N3O. The third kappa shape index (κ3) is 3.58. The maximum Gasteiger partial charge on any atom is 0.248 e. The standard InChI is InChI=1S/C16H25N3O/c1-3-14-11-19(15(4-2)9-18-14)10-12-5-7-13(8-6-12)16(17)20/h5-8,14-15,18H,3-4,9-11H2,1-2H3,(H2,17,20). The maximum absolute atomic E-state index is 11.1. The Labute approximate surface area is 121 Å². The van der Waals surface area contributed by atoms with Gasteiger partial charge in [0.1, 0.15) is 0 Å². The van der Waals surface area contributed by atoms with E-state index in [-0.39, 0.29) is 5.91 Å². The number of rotatable bonds is 5. The van der Waals surface area contributed by atoms with E-state index >= 15 is 0 Å².